The Morgan fingerprint density at radius 3 is 2.59 bits per heavy atom. The first-order valence-electron chi connectivity index (χ1n) is 6.17. The SMILES string of the molecule is CC.CCn1c(CN(C)C)nc2ncccc21. The number of hydrogen-bond acceptors (Lipinski definition) is 3. The van der Waals surface area contributed by atoms with E-state index in [9.17, 15) is 0 Å². The third-order valence-electron chi connectivity index (χ3n) is 2.38. The van der Waals surface area contributed by atoms with E-state index < -0.39 is 0 Å². The monoisotopic (exact) mass is 234 g/mol. The molecule has 0 N–H and O–H groups in total. The number of aryl methyl sites for hydroxylation is 1. The average molecular weight is 234 g/mol. The molecule has 2 rings (SSSR count). The molecule has 0 radical (unpaired) electrons. The maximum Gasteiger partial charge on any atom is 0.177 e. The molecule has 2 aromatic heterocycles. The molecule has 94 valence electrons. The highest BCUT2D eigenvalue weighted by Gasteiger charge is 2.09. The highest BCUT2D eigenvalue weighted by atomic mass is 15.2. The zero-order valence-corrected chi connectivity index (χ0v) is 11.4. The summed E-state index contributed by atoms with van der Waals surface area (Å²) in [6, 6.07) is 4.02. The number of fused-ring (bicyclic) bond motifs is 1. The standard InChI is InChI=1S/C11H16N4.C2H6/c1-4-15-9-6-5-7-12-11(9)13-10(15)8-14(2)3;1-2/h5-7H,4,8H2,1-3H3;1-2H3. The minimum Gasteiger partial charge on any atom is -0.326 e. The van der Waals surface area contributed by atoms with E-state index in [4.69, 9.17) is 0 Å². The van der Waals surface area contributed by atoms with E-state index in [0.717, 1.165) is 30.1 Å². The Kier molecular flexibility index (Phi) is 5.10. The van der Waals surface area contributed by atoms with Crippen molar-refractivity contribution in [2.24, 2.45) is 0 Å². The lowest BCUT2D eigenvalue weighted by Crippen LogP contribution is -2.15. The van der Waals surface area contributed by atoms with E-state index in [0.29, 0.717) is 0 Å². The molecule has 0 bridgehead atoms. The van der Waals surface area contributed by atoms with Gasteiger partial charge in [-0.15, -0.1) is 0 Å². The minimum atomic E-state index is 0.844. The normalized spacial score (nSPS) is 10.5. The fraction of sp³-hybridized carbons (Fsp3) is 0.538. The first-order valence-corrected chi connectivity index (χ1v) is 6.17. The molecule has 0 fully saturated rings. The predicted octanol–water partition coefficient (Wildman–Crippen LogP) is 2.54. The number of pyridine rings is 1. The van der Waals surface area contributed by atoms with Gasteiger partial charge < -0.3 is 9.47 Å². The number of hydrogen-bond donors (Lipinski definition) is 0. The number of imidazole rings is 1. The molecule has 0 aromatic carbocycles. The van der Waals surface area contributed by atoms with Crippen LogP contribution < -0.4 is 0 Å². The second kappa shape index (κ2) is 6.35. The smallest absolute Gasteiger partial charge is 0.177 e. The molecule has 0 saturated heterocycles. The van der Waals surface area contributed by atoms with E-state index in [1.807, 2.05) is 34.0 Å². The molecule has 4 nitrogen and oxygen atoms in total. The van der Waals surface area contributed by atoms with Gasteiger partial charge in [0.25, 0.3) is 0 Å². The van der Waals surface area contributed by atoms with Gasteiger partial charge in [-0.05, 0) is 33.2 Å². The molecular weight excluding hydrogens is 212 g/mol. The topological polar surface area (TPSA) is 34.0 Å². The largest absolute Gasteiger partial charge is 0.326 e. The van der Waals surface area contributed by atoms with Crippen LogP contribution in [0.2, 0.25) is 0 Å². The fourth-order valence-corrected chi connectivity index (χ4v) is 1.76. The van der Waals surface area contributed by atoms with Crippen molar-refractivity contribution in [1.82, 2.24) is 19.4 Å². The van der Waals surface area contributed by atoms with Gasteiger partial charge in [-0.1, -0.05) is 13.8 Å². The summed E-state index contributed by atoms with van der Waals surface area (Å²) in [5.41, 5.74) is 1.97. The van der Waals surface area contributed by atoms with Crippen molar-refractivity contribution in [2.45, 2.75) is 33.9 Å². The lowest BCUT2D eigenvalue weighted by Gasteiger charge is -2.10. The molecule has 0 saturated carbocycles. The zero-order valence-electron chi connectivity index (χ0n) is 11.4. The van der Waals surface area contributed by atoms with Gasteiger partial charge in [0.2, 0.25) is 0 Å². The van der Waals surface area contributed by atoms with Crippen molar-refractivity contribution < 1.29 is 0 Å². The van der Waals surface area contributed by atoms with Gasteiger partial charge in [-0.2, -0.15) is 0 Å². The summed E-state index contributed by atoms with van der Waals surface area (Å²) in [5, 5.41) is 0. The average Bonchev–Trinajstić information content (AvgIpc) is 2.67. The first kappa shape index (κ1) is 13.6. The van der Waals surface area contributed by atoms with Crippen molar-refractivity contribution in [1.29, 1.82) is 0 Å². The van der Waals surface area contributed by atoms with Crippen LogP contribution in [0.3, 0.4) is 0 Å². The van der Waals surface area contributed by atoms with Gasteiger partial charge in [0.05, 0.1) is 12.1 Å². The number of nitrogens with zero attached hydrogens (tertiary/aromatic N) is 4. The summed E-state index contributed by atoms with van der Waals surface area (Å²) in [5.74, 6) is 1.08. The molecule has 0 spiro atoms. The zero-order chi connectivity index (χ0) is 12.8. The van der Waals surface area contributed by atoms with Crippen LogP contribution in [-0.2, 0) is 13.1 Å². The van der Waals surface area contributed by atoms with Crippen LogP contribution >= 0.6 is 0 Å². The van der Waals surface area contributed by atoms with Gasteiger partial charge in [0, 0.05) is 12.7 Å². The summed E-state index contributed by atoms with van der Waals surface area (Å²) in [6.45, 7) is 7.92. The second-order valence-corrected chi connectivity index (χ2v) is 3.86. The highest BCUT2D eigenvalue weighted by Crippen LogP contribution is 2.14. The quantitative estimate of drug-likeness (QED) is 0.818. The van der Waals surface area contributed by atoms with Gasteiger partial charge in [0.1, 0.15) is 5.82 Å². The molecule has 0 aliphatic carbocycles. The maximum absolute atomic E-state index is 4.53. The molecule has 0 aliphatic rings. The van der Waals surface area contributed by atoms with Crippen molar-refractivity contribution in [2.75, 3.05) is 14.1 Å². The molecule has 0 atom stereocenters. The van der Waals surface area contributed by atoms with E-state index >= 15 is 0 Å². The van der Waals surface area contributed by atoms with E-state index in [1.165, 1.54) is 0 Å². The third kappa shape index (κ3) is 3.03. The predicted molar refractivity (Wildman–Crippen MR) is 71.9 cm³/mol. The lowest BCUT2D eigenvalue weighted by atomic mass is 10.4. The second-order valence-electron chi connectivity index (χ2n) is 3.86. The molecule has 4 heteroatoms. The Morgan fingerprint density at radius 2 is 2.00 bits per heavy atom. The third-order valence-corrected chi connectivity index (χ3v) is 2.38. The summed E-state index contributed by atoms with van der Waals surface area (Å²) < 4.78 is 2.21. The molecule has 2 aromatic rings. The molecular formula is C13H22N4. The van der Waals surface area contributed by atoms with E-state index in [1.54, 1.807) is 6.20 Å². The Bertz CT molecular complexity index is 459. The molecule has 0 aliphatic heterocycles. The van der Waals surface area contributed by atoms with Crippen LogP contribution in [0.15, 0.2) is 18.3 Å². The van der Waals surface area contributed by atoms with Crippen molar-refractivity contribution in [3.8, 4) is 0 Å². The van der Waals surface area contributed by atoms with Crippen LogP contribution in [0.5, 0.6) is 0 Å². The molecule has 2 heterocycles. The van der Waals surface area contributed by atoms with Gasteiger partial charge in [-0.25, -0.2) is 9.97 Å². The van der Waals surface area contributed by atoms with Gasteiger partial charge >= 0.3 is 0 Å². The van der Waals surface area contributed by atoms with Crippen LogP contribution in [-0.4, -0.2) is 33.5 Å². The van der Waals surface area contributed by atoms with Crippen molar-refractivity contribution >= 4 is 11.2 Å². The van der Waals surface area contributed by atoms with E-state index in [2.05, 4.69) is 32.4 Å². The maximum atomic E-state index is 4.53. The summed E-state index contributed by atoms with van der Waals surface area (Å²) in [4.78, 5) is 10.9. The first-order chi connectivity index (χ1) is 8.22. The van der Waals surface area contributed by atoms with Gasteiger partial charge in [0.15, 0.2) is 5.65 Å². The van der Waals surface area contributed by atoms with E-state index in [-0.39, 0.29) is 0 Å². The van der Waals surface area contributed by atoms with Crippen LogP contribution in [0.1, 0.15) is 26.6 Å². The Morgan fingerprint density at radius 1 is 1.29 bits per heavy atom. The Balaban J connectivity index is 0.000000686. The Hall–Kier alpha value is -1.42. The van der Waals surface area contributed by atoms with Crippen molar-refractivity contribution in [3.05, 3.63) is 24.2 Å². The van der Waals surface area contributed by atoms with Crippen LogP contribution in [0.25, 0.3) is 11.2 Å². The number of aromatic nitrogens is 3. The fourth-order valence-electron chi connectivity index (χ4n) is 1.76. The van der Waals surface area contributed by atoms with Gasteiger partial charge in [-0.3, -0.25) is 0 Å². The molecule has 17 heavy (non-hydrogen) atoms. The summed E-state index contributed by atoms with van der Waals surface area (Å²) >= 11 is 0. The van der Waals surface area contributed by atoms with Crippen molar-refractivity contribution in [3.63, 3.8) is 0 Å². The Labute approximate surface area is 103 Å². The minimum absolute atomic E-state index is 0.844. The van der Waals surface area contributed by atoms with Crippen LogP contribution in [0, 0.1) is 0 Å². The molecule has 0 amide bonds. The summed E-state index contributed by atoms with van der Waals surface area (Å²) in [7, 11) is 4.10. The summed E-state index contributed by atoms with van der Waals surface area (Å²) in [6.07, 6.45) is 1.79. The highest BCUT2D eigenvalue weighted by molar-refractivity contribution is 5.71. The van der Waals surface area contributed by atoms with Crippen LogP contribution in [0.4, 0.5) is 0 Å². The lowest BCUT2D eigenvalue weighted by molar-refractivity contribution is 0.383. The number of rotatable bonds is 3. The molecule has 0 unspecified atom stereocenters.